The highest BCUT2D eigenvalue weighted by Crippen LogP contribution is 2.36. The number of nitrogens with two attached hydrogens (primary N) is 1. The molecule has 2 aliphatic rings. The van der Waals surface area contributed by atoms with Gasteiger partial charge < -0.3 is 5.73 Å². The first-order valence-corrected chi connectivity index (χ1v) is 7.64. The third-order valence-electron chi connectivity index (χ3n) is 4.95. The molecule has 2 N–H and O–H groups in total. The minimum Gasteiger partial charge on any atom is -0.323 e. The SMILES string of the molecule is CC1(C)CCN(C2CCCc3ccccc3C2N)C1. The monoisotopic (exact) mass is 258 g/mol. The zero-order valence-corrected chi connectivity index (χ0v) is 12.2. The Balaban J connectivity index is 1.84. The molecular weight excluding hydrogens is 232 g/mol. The predicted molar refractivity (Wildman–Crippen MR) is 80.1 cm³/mol. The molecule has 2 heteroatoms. The first kappa shape index (κ1) is 13.1. The van der Waals surface area contributed by atoms with Crippen molar-refractivity contribution in [1.29, 1.82) is 0 Å². The second-order valence-electron chi connectivity index (χ2n) is 7.07. The Bertz CT molecular complexity index is 452. The van der Waals surface area contributed by atoms with Crippen LogP contribution >= 0.6 is 0 Å². The maximum Gasteiger partial charge on any atom is 0.0455 e. The molecule has 3 rings (SSSR count). The van der Waals surface area contributed by atoms with E-state index in [-0.39, 0.29) is 6.04 Å². The average molecular weight is 258 g/mol. The fourth-order valence-corrected chi connectivity index (χ4v) is 3.82. The Kier molecular flexibility index (Phi) is 3.40. The Morgan fingerprint density at radius 3 is 2.79 bits per heavy atom. The first-order chi connectivity index (χ1) is 9.07. The number of rotatable bonds is 1. The molecule has 0 spiro atoms. The maximum atomic E-state index is 6.62. The van der Waals surface area contributed by atoms with Gasteiger partial charge in [-0.1, -0.05) is 38.1 Å². The third kappa shape index (κ3) is 2.56. The molecule has 0 saturated carbocycles. The summed E-state index contributed by atoms with van der Waals surface area (Å²) >= 11 is 0. The molecule has 1 heterocycles. The van der Waals surface area contributed by atoms with Gasteiger partial charge >= 0.3 is 0 Å². The lowest BCUT2D eigenvalue weighted by Gasteiger charge is -2.33. The lowest BCUT2D eigenvalue weighted by molar-refractivity contribution is 0.181. The van der Waals surface area contributed by atoms with Gasteiger partial charge in [0.25, 0.3) is 0 Å². The van der Waals surface area contributed by atoms with Crippen molar-refractivity contribution in [3.8, 4) is 0 Å². The van der Waals surface area contributed by atoms with E-state index in [1.54, 1.807) is 0 Å². The topological polar surface area (TPSA) is 29.3 Å². The zero-order valence-electron chi connectivity index (χ0n) is 12.2. The van der Waals surface area contributed by atoms with Gasteiger partial charge in [-0.05, 0) is 48.8 Å². The van der Waals surface area contributed by atoms with Crippen molar-refractivity contribution in [1.82, 2.24) is 4.90 Å². The van der Waals surface area contributed by atoms with Crippen LogP contribution in [0.4, 0.5) is 0 Å². The number of hydrogen-bond acceptors (Lipinski definition) is 2. The van der Waals surface area contributed by atoms with Gasteiger partial charge in [-0.25, -0.2) is 0 Å². The Labute approximate surface area is 117 Å². The summed E-state index contributed by atoms with van der Waals surface area (Å²) < 4.78 is 0. The first-order valence-electron chi connectivity index (χ1n) is 7.64. The molecule has 0 aromatic heterocycles. The number of aryl methyl sites for hydroxylation is 1. The number of hydrogen-bond donors (Lipinski definition) is 1. The molecule has 1 aromatic carbocycles. The standard InChI is InChI=1S/C17H26N2/c1-17(2)10-11-19(12-17)15-9-5-7-13-6-3-4-8-14(13)16(15)18/h3-4,6,8,15-16H,5,7,9-12,18H2,1-2H3. The Morgan fingerprint density at radius 2 is 2.05 bits per heavy atom. The van der Waals surface area contributed by atoms with Crippen LogP contribution in [0.5, 0.6) is 0 Å². The number of fused-ring (bicyclic) bond motifs is 1. The van der Waals surface area contributed by atoms with Gasteiger partial charge in [0.1, 0.15) is 0 Å². The van der Waals surface area contributed by atoms with Gasteiger partial charge in [0.15, 0.2) is 0 Å². The maximum absolute atomic E-state index is 6.62. The zero-order chi connectivity index (χ0) is 13.5. The van der Waals surface area contributed by atoms with Gasteiger partial charge in [-0.3, -0.25) is 4.90 Å². The lowest BCUT2D eigenvalue weighted by atomic mass is 9.92. The van der Waals surface area contributed by atoms with Crippen molar-refractivity contribution >= 4 is 0 Å². The highest BCUT2D eigenvalue weighted by Gasteiger charge is 2.36. The second kappa shape index (κ2) is 4.92. The summed E-state index contributed by atoms with van der Waals surface area (Å²) in [6, 6.07) is 9.49. The summed E-state index contributed by atoms with van der Waals surface area (Å²) in [4.78, 5) is 2.65. The molecular formula is C17H26N2. The quantitative estimate of drug-likeness (QED) is 0.784. The molecule has 104 valence electrons. The van der Waals surface area contributed by atoms with E-state index in [2.05, 4.69) is 43.0 Å². The molecule has 0 amide bonds. The van der Waals surface area contributed by atoms with Crippen LogP contribution in [0.2, 0.25) is 0 Å². The summed E-state index contributed by atoms with van der Waals surface area (Å²) in [5.74, 6) is 0. The Hall–Kier alpha value is -0.860. The summed E-state index contributed by atoms with van der Waals surface area (Å²) in [6.07, 6.45) is 5.01. The highest BCUT2D eigenvalue weighted by molar-refractivity contribution is 5.32. The minimum atomic E-state index is 0.188. The van der Waals surface area contributed by atoms with Crippen molar-refractivity contribution in [3.05, 3.63) is 35.4 Å². The summed E-state index contributed by atoms with van der Waals surface area (Å²) in [5.41, 5.74) is 9.93. The second-order valence-corrected chi connectivity index (χ2v) is 7.07. The smallest absolute Gasteiger partial charge is 0.0455 e. The molecule has 1 aliphatic heterocycles. The normalized spacial score (nSPS) is 30.9. The molecule has 1 fully saturated rings. The van der Waals surface area contributed by atoms with Gasteiger partial charge in [0.05, 0.1) is 0 Å². The van der Waals surface area contributed by atoms with Gasteiger partial charge in [0, 0.05) is 18.6 Å². The van der Waals surface area contributed by atoms with Crippen LogP contribution in [0.15, 0.2) is 24.3 Å². The molecule has 2 unspecified atom stereocenters. The van der Waals surface area contributed by atoms with Crippen LogP contribution in [0.1, 0.15) is 50.3 Å². The van der Waals surface area contributed by atoms with E-state index in [0.717, 1.165) is 0 Å². The van der Waals surface area contributed by atoms with Crippen molar-refractivity contribution in [3.63, 3.8) is 0 Å². The van der Waals surface area contributed by atoms with Crippen LogP contribution < -0.4 is 5.73 Å². The largest absolute Gasteiger partial charge is 0.323 e. The summed E-state index contributed by atoms with van der Waals surface area (Å²) in [6.45, 7) is 7.17. The van der Waals surface area contributed by atoms with Crippen LogP contribution in [-0.2, 0) is 6.42 Å². The fraction of sp³-hybridized carbons (Fsp3) is 0.647. The molecule has 1 saturated heterocycles. The van der Waals surface area contributed by atoms with Gasteiger partial charge in [0.2, 0.25) is 0 Å². The molecule has 19 heavy (non-hydrogen) atoms. The number of nitrogens with zero attached hydrogens (tertiary/aromatic N) is 1. The van der Waals surface area contributed by atoms with E-state index in [1.165, 1.54) is 49.9 Å². The lowest BCUT2D eigenvalue weighted by Crippen LogP contribution is -2.41. The molecule has 2 nitrogen and oxygen atoms in total. The number of benzene rings is 1. The van der Waals surface area contributed by atoms with E-state index in [0.29, 0.717) is 11.5 Å². The van der Waals surface area contributed by atoms with E-state index in [9.17, 15) is 0 Å². The van der Waals surface area contributed by atoms with Crippen molar-refractivity contribution in [2.45, 2.75) is 51.6 Å². The van der Waals surface area contributed by atoms with Gasteiger partial charge in [-0.15, -0.1) is 0 Å². The Morgan fingerprint density at radius 1 is 1.26 bits per heavy atom. The molecule has 1 aromatic rings. The van der Waals surface area contributed by atoms with Crippen LogP contribution in [0.3, 0.4) is 0 Å². The van der Waals surface area contributed by atoms with Crippen molar-refractivity contribution in [2.24, 2.45) is 11.1 Å². The predicted octanol–water partition coefficient (Wildman–Crippen LogP) is 3.12. The van der Waals surface area contributed by atoms with E-state index in [4.69, 9.17) is 5.73 Å². The fourth-order valence-electron chi connectivity index (χ4n) is 3.82. The van der Waals surface area contributed by atoms with E-state index < -0.39 is 0 Å². The van der Waals surface area contributed by atoms with Gasteiger partial charge in [-0.2, -0.15) is 0 Å². The molecule has 2 atom stereocenters. The van der Waals surface area contributed by atoms with Crippen molar-refractivity contribution < 1.29 is 0 Å². The molecule has 1 aliphatic carbocycles. The van der Waals surface area contributed by atoms with E-state index in [1.807, 2.05) is 0 Å². The minimum absolute atomic E-state index is 0.188. The van der Waals surface area contributed by atoms with Crippen LogP contribution in [-0.4, -0.2) is 24.0 Å². The molecule has 0 bridgehead atoms. The molecule has 0 radical (unpaired) electrons. The van der Waals surface area contributed by atoms with E-state index >= 15 is 0 Å². The van der Waals surface area contributed by atoms with Crippen molar-refractivity contribution in [2.75, 3.05) is 13.1 Å². The van der Waals surface area contributed by atoms with Crippen LogP contribution in [0, 0.1) is 5.41 Å². The average Bonchev–Trinajstić information content (AvgIpc) is 2.65. The summed E-state index contributed by atoms with van der Waals surface area (Å²) in [5, 5.41) is 0. The highest BCUT2D eigenvalue weighted by atomic mass is 15.2. The summed E-state index contributed by atoms with van der Waals surface area (Å²) in [7, 11) is 0. The van der Waals surface area contributed by atoms with Crippen LogP contribution in [0.25, 0.3) is 0 Å². The number of likely N-dealkylation sites (tertiary alicyclic amines) is 1. The third-order valence-corrected chi connectivity index (χ3v) is 4.95.